The number of hydrogen-bond donors (Lipinski definition) is 1. The van der Waals surface area contributed by atoms with Crippen molar-refractivity contribution in [2.75, 3.05) is 31.0 Å². The summed E-state index contributed by atoms with van der Waals surface area (Å²) in [5, 5.41) is 9.66. The van der Waals surface area contributed by atoms with Gasteiger partial charge in [-0.2, -0.15) is 10.1 Å². The molecule has 1 N–H and O–H groups in total. The first-order chi connectivity index (χ1) is 24.9. The Hall–Kier alpha value is -5.76. The predicted molar refractivity (Wildman–Crippen MR) is 192 cm³/mol. The summed E-state index contributed by atoms with van der Waals surface area (Å²) in [6, 6.07) is 13.3. The minimum atomic E-state index is -0.160. The van der Waals surface area contributed by atoms with Gasteiger partial charge in [-0.15, -0.1) is 0 Å². The molecule has 0 spiro atoms. The Kier molecular flexibility index (Phi) is 8.60. The Morgan fingerprint density at radius 3 is 2.65 bits per heavy atom. The Morgan fingerprint density at radius 2 is 1.88 bits per heavy atom. The summed E-state index contributed by atoms with van der Waals surface area (Å²) in [5.74, 6) is 3.93. The molecule has 0 amide bonds. The van der Waals surface area contributed by atoms with Crippen molar-refractivity contribution in [2.45, 2.75) is 57.8 Å². The van der Waals surface area contributed by atoms with Gasteiger partial charge in [-0.1, -0.05) is 6.07 Å². The molecule has 1 saturated carbocycles. The average Bonchev–Trinajstić information content (AvgIpc) is 3.90. The van der Waals surface area contributed by atoms with Crippen molar-refractivity contribution < 1.29 is 18.9 Å². The van der Waals surface area contributed by atoms with Gasteiger partial charge in [-0.05, 0) is 62.8 Å². The third-order valence-corrected chi connectivity index (χ3v) is 9.44. The molecule has 6 aromatic rings. The maximum Gasteiger partial charge on any atom is 0.255 e. The van der Waals surface area contributed by atoms with Gasteiger partial charge < -0.3 is 33.7 Å². The number of rotatable bonds is 11. The van der Waals surface area contributed by atoms with E-state index in [4.69, 9.17) is 34.0 Å². The van der Waals surface area contributed by atoms with Gasteiger partial charge >= 0.3 is 0 Å². The molecule has 1 saturated heterocycles. The number of aromatic nitrogens is 7. The van der Waals surface area contributed by atoms with Crippen LogP contribution in [0.1, 0.15) is 49.5 Å². The minimum absolute atomic E-state index is 0.128. The number of pyridine rings is 1. The van der Waals surface area contributed by atoms with Crippen molar-refractivity contribution in [3.8, 4) is 23.1 Å². The number of benzene rings is 2. The highest BCUT2D eigenvalue weighted by molar-refractivity contribution is 5.96. The van der Waals surface area contributed by atoms with E-state index in [2.05, 4.69) is 21.4 Å². The fourth-order valence-corrected chi connectivity index (χ4v) is 6.53. The van der Waals surface area contributed by atoms with E-state index >= 15 is 0 Å². The molecule has 8 rings (SSSR count). The van der Waals surface area contributed by atoms with Gasteiger partial charge in [0.1, 0.15) is 46.4 Å². The molecule has 1 aliphatic heterocycles. The lowest BCUT2D eigenvalue weighted by Gasteiger charge is -2.24. The van der Waals surface area contributed by atoms with Crippen molar-refractivity contribution in [3.05, 3.63) is 82.8 Å². The van der Waals surface area contributed by atoms with E-state index in [-0.39, 0.29) is 17.8 Å². The molecule has 14 nitrogen and oxygen atoms in total. The van der Waals surface area contributed by atoms with Gasteiger partial charge in [-0.3, -0.25) is 4.79 Å². The topological polar surface area (TPSA) is 144 Å². The summed E-state index contributed by atoms with van der Waals surface area (Å²) in [6.07, 6.45) is 9.65. The van der Waals surface area contributed by atoms with Crippen molar-refractivity contribution >= 4 is 39.3 Å². The van der Waals surface area contributed by atoms with Crippen LogP contribution < -0.4 is 30.0 Å². The first-order valence-electron chi connectivity index (χ1n) is 17.1. The van der Waals surface area contributed by atoms with Crippen LogP contribution in [0.5, 0.6) is 23.1 Å². The van der Waals surface area contributed by atoms with E-state index in [0.29, 0.717) is 64.6 Å². The fraction of sp³-hybridized carbons (Fsp3) is 0.351. The van der Waals surface area contributed by atoms with Gasteiger partial charge in [0.15, 0.2) is 6.23 Å². The molecule has 0 radical (unpaired) electrons. The maximum absolute atomic E-state index is 12.7. The van der Waals surface area contributed by atoms with Gasteiger partial charge in [0.2, 0.25) is 5.88 Å². The number of nitrogens with zero attached hydrogens (tertiary/aromatic N) is 8. The first-order valence-corrected chi connectivity index (χ1v) is 17.1. The van der Waals surface area contributed by atoms with E-state index in [1.165, 1.54) is 23.3 Å². The number of aryl methyl sites for hydroxylation is 2. The maximum atomic E-state index is 12.7. The first kappa shape index (κ1) is 32.4. The smallest absolute Gasteiger partial charge is 0.255 e. The lowest BCUT2D eigenvalue weighted by atomic mass is 10.1. The highest BCUT2D eigenvalue weighted by Crippen LogP contribution is 2.43. The van der Waals surface area contributed by atoms with Crippen LogP contribution >= 0.6 is 0 Å². The Balaban J connectivity index is 1.26. The average molecular weight is 690 g/mol. The van der Waals surface area contributed by atoms with Crippen molar-refractivity contribution in [2.24, 2.45) is 7.05 Å². The third-order valence-electron chi connectivity index (χ3n) is 9.44. The molecule has 262 valence electrons. The summed E-state index contributed by atoms with van der Waals surface area (Å²) in [7, 11) is 4.93. The van der Waals surface area contributed by atoms with Crippen LogP contribution in [0.15, 0.2) is 66.1 Å². The van der Waals surface area contributed by atoms with Crippen LogP contribution in [-0.2, 0) is 18.3 Å². The minimum Gasteiger partial charge on any atom is -0.497 e. The van der Waals surface area contributed by atoms with Gasteiger partial charge in [0, 0.05) is 50.0 Å². The molecular weight excluding hydrogens is 650 g/mol. The highest BCUT2D eigenvalue weighted by atomic mass is 16.5. The lowest BCUT2D eigenvalue weighted by Crippen LogP contribution is -2.26. The molecule has 2 aliphatic rings. The summed E-state index contributed by atoms with van der Waals surface area (Å²) in [4.78, 5) is 33.8. The van der Waals surface area contributed by atoms with Gasteiger partial charge in [-0.25, -0.2) is 19.6 Å². The number of nitrogens with one attached hydrogen (secondary N) is 1. The molecular formula is C37H39N9O5. The standard InChI is InChI=1S/C37H39N9O5/c1-22-8-13-28-26(19-42-46(28)33-7-5-6-14-50-33)35(22)51-37-34-27(16-31(43-37)45(24-10-11-24)30-17-32(47)44(2)21-41-30)39-20-40-36(34)38-18-23-9-12-25(48-3)15-29(23)49-4/h8-9,12-13,15-17,19-21,24,33H,5-7,10-11,14,18H2,1-4H3,(H,38,39,40). The quantitative estimate of drug-likeness (QED) is 0.165. The molecule has 4 aromatic heterocycles. The van der Waals surface area contributed by atoms with Gasteiger partial charge in [0.25, 0.3) is 5.56 Å². The number of fused-ring (bicyclic) bond motifs is 2. The van der Waals surface area contributed by atoms with E-state index in [0.717, 1.165) is 54.1 Å². The van der Waals surface area contributed by atoms with E-state index in [9.17, 15) is 4.79 Å². The summed E-state index contributed by atoms with van der Waals surface area (Å²) in [5.41, 5.74) is 3.18. The van der Waals surface area contributed by atoms with Crippen molar-refractivity contribution in [1.82, 2.24) is 34.3 Å². The number of hydrogen-bond acceptors (Lipinski definition) is 12. The summed E-state index contributed by atoms with van der Waals surface area (Å²) < 4.78 is 27.4. The fourth-order valence-electron chi connectivity index (χ4n) is 6.53. The van der Waals surface area contributed by atoms with Gasteiger partial charge in [0.05, 0.1) is 43.2 Å². The molecule has 2 fully saturated rings. The molecule has 14 heteroatoms. The third kappa shape index (κ3) is 6.27. The van der Waals surface area contributed by atoms with E-state index in [1.807, 2.05) is 53.0 Å². The molecule has 1 atom stereocenters. The normalized spacial score (nSPS) is 16.0. The van der Waals surface area contributed by atoms with Crippen LogP contribution in [0.3, 0.4) is 0 Å². The second kappa shape index (κ2) is 13.5. The van der Waals surface area contributed by atoms with Crippen LogP contribution in [0, 0.1) is 6.92 Å². The molecule has 1 unspecified atom stereocenters. The number of methoxy groups -OCH3 is 2. The summed E-state index contributed by atoms with van der Waals surface area (Å²) in [6.45, 7) is 3.11. The molecule has 0 bridgehead atoms. The Bertz CT molecular complexity index is 2300. The van der Waals surface area contributed by atoms with E-state index < -0.39 is 0 Å². The summed E-state index contributed by atoms with van der Waals surface area (Å²) >= 11 is 0. The Morgan fingerprint density at radius 1 is 1.00 bits per heavy atom. The molecule has 2 aromatic carbocycles. The lowest BCUT2D eigenvalue weighted by molar-refractivity contribution is -0.0366. The second-order valence-electron chi connectivity index (χ2n) is 12.9. The SMILES string of the molecule is COc1ccc(CNc2ncnc3cc(N(c4cc(=O)n(C)cn4)C4CC4)nc(Oc4c(C)ccc5c4cnn5C4CCCCO4)c23)c(OC)c1. The van der Waals surface area contributed by atoms with Crippen LogP contribution in [0.25, 0.3) is 21.8 Å². The second-order valence-corrected chi connectivity index (χ2v) is 12.9. The molecule has 51 heavy (non-hydrogen) atoms. The molecule has 1 aliphatic carbocycles. The zero-order valence-corrected chi connectivity index (χ0v) is 29.0. The highest BCUT2D eigenvalue weighted by Gasteiger charge is 2.34. The van der Waals surface area contributed by atoms with Crippen LogP contribution in [0.2, 0.25) is 0 Å². The zero-order chi connectivity index (χ0) is 35.1. The Labute approximate surface area is 294 Å². The molecule has 5 heterocycles. The predicted octanol–water partition coefficient (Wildman–Crippen LogP) is 6.20. The van der Waals surface area contributed by atoms with E-state index in [1.54, 1.807) is 21.3 Å². The van der Waals surface area contributed by atoms with Crippen molar-refractivity contribution in [3.63, 3.8) is 0 Å². The zero-order valence-electron chi connectivity index (χ0n) is 29.0. The van der Waals surface area contributed by atoms with Crippen molar-refractivity contribution in [1.29, 1.82) is 0 Å². The number of ether oxygens (including phenoxy) is 4. The monoisotopic (exact) mass is 689 g/mol. The van der Waals surface area contributed by atoms with Crippen LogP contribution in [-0.4, -0.2) is 61.2 Å². The largest absolute Gasteiger partial charge is 0.497 e. The number of anilines is 3. The van der Waals surface area contributed by atoms with Crippen LogP contribution in [0.4, 0.5) is 17.5 Å².